The number of imide groups is 1. The van der Waals surface area contributed by atoms with Crippen molar-refractivity contribution >= 4 is 63.5 Å². The van der Waals surface area contributed by atoms with Gasteiger partial charge in [-0.2, -0.15) is 0 Å². The lowest BCUT2D eigenvalue weighted by Gasteiger charge is -2.08. The second-order valence-corrected chi connectivity index (χ2v) is 12.6. The predicted molar refractivity (Wildman–Crippen MR) is 148 cm³/mol. The van der Waals surface area contributed by atoms with Gasteiger partial charge in [0.15, 0.2) is 0 Å². The molecular weight excluding hydrogens is 665 g/mol. The first-order valence-corrected chi connectivity index (χ1v) is 16.7. The number of hydrogen-bond acceptors (Lipinski definition) is 4. The van der Waals surface area contributed by atoms with E-state index < -0.39 is 25.7 Å². The van der Waals surface area contributed by atoms with Crippen LogP contribution in [0.2, 0.25) is 0 Å². The van der Waals surface area contributed by atoms with Crippen LogP contribution in [0.3, 0.4) is 0 Å². The first-order valence-electron chi connectivity index (χ1n) is 12.2. The molecule has 0 radical (unpaired) electrons. The molecule has 33 heavy (non-hydrogen) atoms. The van der Waals surface area contributed by atoms with Crippen LogP contribution in [0.5, 0.6) is 0 Å². The summed E-state index contributed by atoms with van der Waals surface area (Å²) in [6, 6.07) is 3.00. The van der Waals surface area contributed by atoms with Gasteiger partial charge >= 0.3 is 19.8 Å². The summed E-state index contributed by atoms with van der Waals surface area (Å²) in [4.78, 5) is 24.5. The quantitative estimate of drug-likeness (QED) is 0.0941. The summed E-state index contributed by atoms with van der Waals surface area (Å²) in [6.45, 7) is 2.25. The fraction of sp³-hybridized carbons (Fsp3) is 0.680. The molecule has 8 heteroatoms. The van der Waals surface area contributed by atoms with Crippen molar-refractivity contribution in [1.29, 1.82) is 0 Å². The molecule has 1 N–H and O–H groups in total. The van der Waals surface area contributed by atoms with Crippen molar-refractivity contribution in [3.05, 3.63) is 30.2 Å². The first kappa shape index (κ1) is 30.7. The molecule has 0 atom stereocenters. The van der Waals surface area contributed by atoms with Gasteiger partial charge in [-0.05, 0) is 34.5 Å². The Balaban J connectivity index is 2.11. The van der Waals surface area contributed by atoms with Crippen LogP contribution in [-0.2, 0) is 10.9 Å². The molecule has 5 nitrogen and oxygen atoms in total. The van der Waals surface area contributed by atoms with Gasteiger partial charge in [0.2, 0.25) is 5.91 Å². The Morgan fingerprint density at radius 3 is 1.67 bits per heavy atom. The molecule has 0 saturated carbocycles. The second kappa shape index (κ2) is 18.9. The van der Waals surface area contributed by atoms with Crippen molar-refractivity contribution in [1.82, 2.24) is 5.32 Å². The third kappa shape index (κ3) is 14.0. The number of carbonyl (C=O) groups is 2. The average molecular weight is 703 g/mol. The van der Waals surface area contributed by atoms with Crippen LogP contribution in [0, 0.1) is 3.57 Å². The normalized spacial score (nSPS) is 11.2. The van der Waals surface area contributed by atoms with Gasteiger partial charge in [-0.3, -0.25) is 14.9 Å². The maximum atomic E-state index is 12.4. The minimum atomic E-state index is -3.91. The van der Waals surface area contributed by atoms with Crippen molar-refractivity contribution in [3.63, 3.8) is 0 Å². The summed E-state index contributed by atoms with van der Waals surface area (Å²) >= 11 is 2.53. The summed E-state index contributed by atoms with van der Waals surface area (Å²) in [6.07, 6.45) is 19.1. The van der Waals surface area contributed by atoms with Crippen molar-refractivity contribution in [2.75, 3.05) is 0 Å². The minimum Gasteiger partial charge on any atom is -0.292 e. The number of halogens is 3. The van der Waals surface area contributed by atoms with E-state index in [0.29, 0.717) is 8.95 Å². The predicted octanol–water partition coefficient (Wildman–Crippen LogP) is 9.10. The number of hydrogen-bond donors (Lipinski definition) is 1. The molecule has 0 heterocycles. The standard InChI is InChI=1S/C25H38Br2INO4/c1-2-3-4-5-6-7-8-9-10-11-12-13-14-15-16-17-23(30)29-25(31)21-18-20(26)19-22(27)24(21)28(32)33/h18-19H,2-17H2,1H3,(H,29,30,31). The van der Waals surface area contributed by atoms with E-state index in [1.54, 1.807) is 6.07 Å². The first-order chi connectivity index (χ1) is 15.9. The maximum absolute atomic E-state index is 12.4. The van der Waals surface area contributed by atoms with Crippen molar-refractivity contribution in [3.8, 4) is 0 Å². The van der Waals surface area contributed by atoms with E-state index in [0.717, 1.165) is 19.3 Å². The number of unbranched alkanes of at least 4 members (excludes halogenated alkanes) is 14. The highest BCUT2D eigenvalue weighted by molar-refractivity contribution is 14.2. The molecule has 0 aliphatic heterocycles. The Morgan fingerprint density at radius 2 is 1.21 bits per heavy atom. The summed E-state index contributed by atoms with van der Waals surface area (Å²) in [5.74, 6) is -1.04. The molecule has 1 aromatic carbocycles. The van der Waals surface area contributed by atoms with E-state index in [1.165, 1.54) is 83.1 Å². The Hall–Kier alpha value is -0.350. The number of rotatable bonds is 18. The van der Waals surface area contributed by atoms with Crippen LogP contribution in [0.1, 0.15) is 120 Å². The van der Waals surface area contributed by atoms with Gasteiger partial charge < -0.3 is 0 Å². The van der Waals surface area contributed by atoms with E-state index in [9.17, 15) is 15.7 Å². The van der Waals surface area contributed by atoms with Gasteiger partial charge in [0.25, 0.3) is 5.91 Å². The third-order valence-electron chi connectivity index (χ3n) is 5.65. The summed E-state index contributed by atoms with van der Waals surface area (Å²) < 4.78 is 24.0. The van der Waals surface area contributed by atoms with Gasteiger partial charge in [-0.25, -0.2) is 6.14 Å². The molecule has 1 rings (SSSR count). The van der Waals surface area contributed by atoms with Crippen LogP contribution < -0.4 is 5.32 Å². The summed E-state index contributed by atoms with van der Waals surface area (Å²) in [7, 11) is 0. The van der Waals surface area contributed by atoms with Gasteiger partial charge in [-0.1, -0.05) is 113 Å². The largest absolute Gasteiger partial charge is 0.342 e. The number of benzene rings is 1. The Labute approximate surface area is 223 Å². The fourth-order valence-corrected chi connectivity index (χ4v) is 7.29. The topological polar surface area (TPSA) is 80.3 Å². The van der Waals surface area contributed by atoms with E-state index in [-0.39, 0.29) is 21.5 Å². The van der Waals surface area contributed by atoms with Crippen molar-refractivity contribution < 1.29 is 15.7 Å². The molecule has 2 amide bonds. The fourth-order valence-electron chi connectivity index (χ4n) is 3.79. The third-order valence-corrected chi connectivity index (χ3v) is 9.52. The molecule has 0 spiro atoms. The minimum absolute atomic E-state index is 0.00343. The van der Waals surface area contributed by atoms with E-state index in [2.05, 4.69) is 44.1 Å². The van der Waals surface area contributed by atoms with E-state index >= 15 is 0 Å². The zero-order chi connectivity index (χ0) is 24.5. The van der Waals surface area contributed by atoms with E-state index in [1.807, 2.05) is 0 Å². The number of carbonyl (C=O) groups excluding carboxylic acids is 2. The summed E-state index contributed by atoms with van der Waals surface area (Å²) in [5.41, 5.74) is -0.00343. The van der Waals surface area contributed by atoms with Gasteiger partial charge in [0, 0.05) is 15.4 Å². The SMILES string of the molecule is CCCCCCCCCCCCCCCCCC(=O)NC(=O)c1cc(Br)cc(Br)c1I(=O)=O. The lowest BCUT2D eigenvalue weighted by molar-refractivity contribution is -0.120. The molecule has 0 aliphatic carbocycles. The van der Waals surface area contributed by atoms with Crippen LogP contribution in [0.4, 0.5) is 0 Å². The Kier molecular flexibility index (Phi) is 17.6. The molecule has 0 unspecified atom stereocenters. The Bertz CT molecular complexity index is 804. The zero-order valence-corrected chi connectivity index (χ0v) is 25.1. The molecule has 0 saturated heterocycles. The lowest BCUT2D eigenvalue weighted by Crippen LogP contribution is -2.31. The van der Waals surface area contributed by atoms with Gasteiger partial charge in [-0.15, -0.1) is 0 Å². The molecule has 0 bridgehead atoms. The van der Waals surface area contributed by atoms with Gasteiger partial charge in [0.05, 0.1) is 5.56 Å². The van der Waals surface area contributed by atoms with Gasteiger partial charge in [0.1, 0.15) is 3.57 Å². The highest BCUT2D eigenvalue weighted by Crippen LogP contribution is 2.32. The maximum Gasteiger partial charge on any atom is 0.342 e. The second-order valence-electron chi connectivity index (χ2n) is 8.54. The smallest absolute Gasteiger partial charge is 0.292 e. The van der Waals surface area contributed by atoms with E-state index in [4.69, 9.17) is 0 Å². The Morgan fingerprint density at radius 1 is 0.758 bits per heavy atom. The van der Waals surface area contributed by atoms with Crippen LogP contribution in [0.25, 0.3) is 0 Å². The van der Waals surface area contributed by atoms with Crippen molar-refractivity contribution in [2.45, 2.75) is 110 Å². The zero-order valence-electron chi connectivity index (χ0n) is 19.7. The molecule has 188 valence electrons. The lowest BCUT2D eigenvalue weighted by atomic mass is 10.0. The number of amides is 2. The highest BCUT2D eigenvalue weighted by atomic mass is 127. The molecule has 0 fully saturated rings. The van der Waals surface area contributed by atoms with Crippen LogP contribution in [0.15, 0.2) is 21.1 Å². The average Bonchev–Trinajstić information content (AvgIpc) is 2.75. The summed E-state index contributed by atoms with van der Waals surface area (Å²) in [5, 5.41) is 2.32. The molecular formula is C25H38Br2INO4. The molecule has 0 aromatic heterocycles. The highest BCUT2D eigenvalue weighted by Gasteiger charge is 2.20. The van der Waals surface area contributed by atoms with Crippen LogP contribution in [-0.4, -0.2) is 11.8 Å². The number of nitrogens with one attached hydrogen (secondary N) is 1. The van der Waals surface area contributed by atoms with Crippen molar-refractivity contribution in [2.24, 2.45) is 0 Å². The van der Waals surface area contributed by atoms with Crippen LogP contribution >= 0.6 is 51.7 Å². The molecule has 1 aromatic rings. The molecule has 0 aliphatic rings. The monoisotopic (exact) mass is 701 g/mol.